The van der Waals surface area contributed by atoms with E-state index in [1.54, 1.807) is 0 Å². The maximum absolute atomic E-state index is 12.3. The van der Waals surface area contributed by atoms with Gasteiger partial charge in [0.25, 0.3) is 5.91 Å². The van der Waals surface area contributed by atoms with Crippen LogP contribution in [0, 0.1) is 0 Å². The van der Waals surface area contributed by atoms with Gasteiger partial charge in [-0.3, -0.25) is 4.79 Å². The lowest BCUT2D eigenvalue weighted by Gasteiger charge is -2.23. The molecule has 17 heavy (non-hydrogen) atoms. The Hall–Kier alpha value is -0.830. The predicted octanol–water partition coefficient (Wildman–Crippen LogP) is 3.60. The molecule has 1 saturated heterocycles. The van der Waals surface area contributed by atoms with Gasteiger partial charge in [0.05, 0.1) is 0 Å². The van der Waals surface area contributed by atoms with Crippen molar-refractivity contribution >= 4 is 21.8 Å². The summed E-state index contributed by atoms with van der Waals surface area (Å²) in [5, 5.41) is 0.836. The van der Waals surface area contributed by atoms with Gasteiger partial charge in [-0.25, -0.2) is 0 Å². The lowest BCUT2D eigenvalue weighted by molar-refractivity contribution is 0.0733. The Kier molecular flexibility index (Phi) is 4.21. The highest BCUT2D eigenvalue weighted by molar-refractivity contribution is 9.08. The van der Waals surface area contributed by atoms with E-state index in [0.717, 1.165) is 36.7 Å². The smallest absolute Gasteiger partial charge is 0.254 e. The van der Waals surface area contributed by atoms with Crippen LogP contribution in [0.25, 0.3) is 0 Å². The fourth-order valence-corrected chi connectivity index (χ4v) is 2.80. The zero-order chi connectivity index (χ0) is 12.3. The van der Waals surface area contributed by atoms with Crippen LogP contribution in [0.1, 0.15) is 42.1 Å². The van der Waals surface area contributed by atoms with E-state index in [-0.39, 0.29) is 5.91 Å². The van der Waals surface area contributed by atoms with Gasteiger partial charge >= 0.3 is 0 Å². The highest BCUT2D eigenvalue weighted by Gasteiger charge is 2.27. The number of carbonyl (C=O) groups excluding carboxylic acids is 1. The zero-order valence-corrected chi connectivity index (χ0v) is 11.7. The highest BCUT2D eigenvalue weighted by atomic mass is 79.9. The quantitative estimate of drug-likeness (QED) is 0.780. The average molecular weight is 296 g/mol. The van der Waals surface area contributed by atoms with Crippen molar-refractivity contribution in [3.05, 3.63) is 35.4 Å². The van der Waals surface area contributed by atoms with Crippen molar-refractivity contribution in [2.45, 2.75) is 37.6 Å². The third kappa shape index (κ3) is 2.71. The Morgan fingerprint density at radius 1 is 1.41 bits per heavy atom. The summed E-state index contributed by atoms with van der Waals surface area (Å²) in [6.45, 7) is 3.07. The fourth-order valence-electron chi connectivity index (χ4n) is 2.43. The second-order valence-electron chi connectivity index (χ2n) is 4.53. The normalized spacial score (nSPS) is 19.6. The van der Waals surface area contributed by atoms with E-state index < -0.39 is 0 Å². The van der Waals surface area contributed by atoms with Crippen LogP contribution in [-0.2, 0) is 5.33 Å². The van der Waals surface area contributed by atoms with Gasteiger partial charge in [-0.15, -0.1) is 0 Å². The molecule has 3 heteroatoms. The van der Waals surface area contributed by atoms with Crippen molar-refractivity contribution < 1.29 is 4.79 Å². The molecule has 0 bridgehead atoms. The number of nitrogens with zero attached hydrogens (tertiary/aromatic N) is 1. The second-order valence-corrected chi connectivity index (χ2v) is 5.09. The fraction of sp³-hybridized carbons (Fsp3) is 0.500. The van der Waals surface area contributed by atoms with E-state index in [9.17, 15) is 4.79 Å². The first-order chi connectivity index (χ1) is 8.26. The van der Waals surface area contributed by atoms with Crippen LogP contribution in [0.4, 0.5) is 0 Å². The van der Waals surface area contributed by atoms with Crippen molar-refractivity contribution in [2.75, 3.05) is 6.54 Å². The molecule has 1 heterocycles. The van der Waals surface area contributed by atoms with Gasteiger partial charge in [-0.2, -0.15) is 0 Å². The minimum Gasteiger partial charge on any atom is -0.336 e. The molecule has 0 aromatic heterocycles. The molecule has 1 aliphatic heterocycles. The molecule has 0 N–H and O–H groups in total. The third-order valence-electron chi connectivity index (χ3n) is 3.46. The summed E-state index contributed by atoms with van der Waals surface area (Å²) in [5.74, 6) is 0.190. The molecule has 0 spiro atoms. The van der Waals surface area contributed by atoms with E-state index in [4.69, 9.17) is 0 Å². The molecule has 0 aliphatic carbocycles. The standard InChI is InChI=1S/C14H18BrNO/c1-2-13-4-3-9-16(13)14(17)12-7-5-11(10-15)6-8-12/h5-8,13H,2-4,9-10H2,1H3. The first-order valence-electron chi connectivity index (χ1n) is 6.22. The van der Waals surface area contributed by atoms with Crippen LogP contribution in [-0.4, -0.2) is 23.4 Å². The third-order valence-corrected chi connectivity index (χ3v) is 4.11. The Morgan fingerprint density at radius 2 is 2.12 bits per heavy atom. The number of carbonyl (C=O) groups is 1. The van der Waals surface area contributed by atoms with Crippen molar-refractivity contribution in [3.63, 3.8) is 0 Å². The molecule has 2 nitrogen and oxygen atoms in total. The lowest BCUT2D eigenvalue weighted by Crippen LogP contribution is -2.35. The second kappa shape index (κ2) is 5.67. The summed E-state index contributed by atoms with van der Waals surface area (Å²) >= 11 is 3.41. The molecule has 1 amide bonds. The van der Waals surface area contributed by atoms with E-state index in [2.05, 4.69) is 22.9 Å². The van der Waals surface area contributed by atoms with Gasteiger partial charge in [0.1, 0.15) is 0 Å². The number of halogens is 1. The van der Waals surface area contributed by atoms with E-state index in [1.807, 2.05) is 29.2 Å². The minimum absolute atomic E-state index is 0.190. The van der Waals surface area contributed by atoms with Gasteiger partial charge in [0, 0.05) is 23.5 Å². The average Bonchev–Trinajstić information content (AvgIpc) is 2.86. The maximum Gasteiger partial charge on any atom is 0.254 e. The van der Waals surface area contributed by atoms with Crippen LogP contribution in [0.5, 0.6) is 0 Å². The van der Waals surface area contributed by atoms with Crippen LogP contribution < -0.4 is 0 Å². The molecule has 1 fully saturated rings. The van der Waals surface area contributed by atoms with E-state index in [1.165, 1.54) is 5.56 Å². The van der Waals surface area contributed by atoms with Crippen molar-refractivity contribution in [1.82, 2.24) is 4.90 Å². The largest absolute Gasteiger partial charge is 0.336 e. The lowest BCUT2D eigenvalue weighted by atomic mass is 10.1. The van der Waals surface area contributed by atoms with Crippen molar-refractivity contribution in [3.8, 4) is 0 Å². The van der Waals surface area contributed by atoms with Gasteiger partial charge in [-0.1, -0.05) is 35.0 Å². The number of hydrogen-bond acceptors (Lipinski definition) is 1. The van der Waals surface area contributed by atoms with Crippen molar-refractivity contribution in [1.29, 1.82) is 0 Å². The molecule has 0 radical (unpaired) electrons. The molecule has 1 aromatic rings. The number of benzene rings is 1. The predicted molar refractivity (Wildman–Crippen MR) is 73.4 cm³/mol. The van der Waals surface area contributed by atoms with Gasteiger partial charge < -0.3 is 4.90 Å². The van der Waals surface area contributed by atoms with Gasteiger partial charge in [-0.05, 0) is 37.0 Å². The van der Waals surface area contributed by atoms with Crippen LogP contribution in [0.3, 0.4) is 0 Å². The summed E-state index contributed by atoms with van der Waals surface area (Å²) in [4.78, 5) is 14.4. The molecule has 1 aliphatic rings. The topological polar surface area (TPSA) is 20.3 Å². The monoisotopic (exact) mass is 295 g/mol. The summed E-state index contributed by atoms with van der Waals surface area (Å²) in [6.07, 6.45) is 3.36. The zero-order valence-electron chi connectivity index (χ0n) is 10.2. The molecule has 1 atom stereocenters. The molecule has 1 unspecified atom stereocenters. The Balaban J connectivity index is 2.13. The number of alkyl halides is 1. The van der Waals surface area contributed by atoms with E-state index in [0.29, 0.717) is 6.04 Å². The van der Waals surface area contributed by atoms with Crippen LogP contribution in [0.15, 0.2) is 24.3 Å². The number of likely N-dealkylation sites (tertiary alicyclic amines) is 1. The Labute approximate surface area is 111 Å². The number of hydrogen-bond donors (Lipinski definition) is 0. The summed E-state index contributed by atoms with van der Waals surface area (Å²) in [6, 6.07) is 8.34. The minimum atomic E-state index is 0.190. The molecule has 0 saturated carbocycles. The summed E-state index contributed by atoms with van der Waals surface area (Å²) in [7, 11) is 0. The molecule has 92 valence electrons. The Bertz CT molecular complexity index is 388. The molecular weight excluding hydrogens is 278 g/mol. The van der Waals surface area contributed by atoms with Gasteiger partial charge in [0.15, 0.2) is 0 Å². The summed E-state index contributed by atoms with van der Waals surface area (Å²) in [5.41, 5.74) is 2.02. The highest BCUT2D eigenvalue weighted by Crippen LogP contribution is 2.22. The maximum atomic E-state index is 12.3. The molecule has 2 rings (SSSR count). The van der Waals surface area contributed by atoms with Crippen LogP contribution in [0.2, 0.25) is 0 Å². The molecule has 1 aromatic carbocycles. The first-order valence-corrected chi connectivity index (χ1v) is 7.34. The first kappa shape index (κ1) is 12.6. The molecular formula is C14H18BrNO. The van der Waals surface area contributed by atoms with E-state index >= 15 is 0 Å². The summed E-state index contributed by atoms with van der Waals surface area (Å²) < 4.78 is 0. The van der Waals surface area contributed by atoms with Crippen LogP contribution >= 0.6 is 15.9 Å². The SMILES string of the molecule is CCC1CCCN1C(=O)c1ccc(CBr)cc1. The number of amides is 1. The number of rotatable bonds is 3. The Morgan fingerprint density at radius 3 is 2.71 bits per heavy atom. The van der Waals surface area contributed by atoms with Gasteiger partial charge in [0.2, 0.25) is 0 Å². The van der Waals surface area contributed by atoms with Crippen molar-refractivity contribution in [2.24, 2.45) is 0 Å².